The van der Waals surface area contributed by atoms with E-state index in [9.17, 15) is 18.0 Å². The number of alkyl halides is 3. The van der Waals surface area contributed by atoms with Gasteiger partial charge in [0.1, 0.15) is 5.69 Å². The Bertz CT molecular complexity index is 705. The maximum atomic E-state index is 12.8. The molecule has 2 nitrogen and oxygen atoms in total. The Morgan fingerprint density at radius 3 is 2.15 bits per heavy atom. The molecule has 0 aliphatic rings. The Morgan fingerprint density at radius 1 is 1.10 bits per heavy atom. The second-order valence-corrected chi connectivity index (χ2v) is 4.96. The van der Waals surface area contributed by atoms with E-state index in [1.807, 2.05) is 0 Å². The predicted molar refractivity (Wildman–Crippen MR) is 72.1 cm³/mol. The summed E-state index contributed by atoms with van der Waals surface area (Å²) in [5.41, 5.74) is -1.48. The number of hydrogen-bond donors (Lipinski definition) is 0. The summed E-state index contributed by atoms with van der Waals surface area (Å²) in [7, 11) is 1.06. The fraction of sp³-hybridized carbons (Fsp3) is 0.154. The van der Waals surface area contributed by atoms with Crippen molar-refractivity contribution < 1.29 is 13.2 Å². The van der Waals surface area contributed by atoms with Crippen LogP contribution in [0.25, 0.3) is 11.1 Å². The maximum Gasteiger partial charge on any atom is 0.431 e. The van der Waals surface area contributed by atoms with Crippen molar-refractivity contribution in [3.8, 4) is 11.1 Å². The highest BCUT2D eigenvalue weighted by Crippen LogP contribution is 2.33. The number of nitrogens with zero attached hydrogens (tertiary/aromatic N) is 1. The Balaban J connectivity index is 2.71. The van der Waals surface area contributed by atoms with Crippen molar-refractivity contribution >= 4 is 23.2 Å². The van der Waals surface area contributed by atoms with E-state index in [0.29, 0.717) is 15.2 Å². The molecule has 0 bridgehead atoms. The molecule has 0 N–H and O–H groups in total. The van der Waals surface area contributed by atoms with Gasteiger partial charge in [0.05, 0.1) is 10.6 Å². The molecule has 0 atom stereocenters. The van der Waals surface area contributed by atoms with Crippen molar-refractivity contribution in [1.82, 2.24) is 4.57 Å². The smallest absolute Gasteiger partial charge is 0.307 e. The number of benzene rings is 1. The van der Waals surface area contributed by atoms with Crippen LogP contribution in [0.2, 0.25) is 10.0 Å². The van der Waals surface area contributed by atoms with Gasteiger partial charge >= 0.3 is 6.18 Å². The number of halogens is 5. The third-order valence-corrected chi connectivity index (χ3v) is 3.36. The van der Waals surface area contributed by atoms with Crippen LogP contribution in [0.1, 0.15) is 5.69 Å². The van der Waals surface area contributed by atoms with Gasteiger partial charge in [0.2, 0.25) is 0 Å². The molecule has 0 amide bonds. The fourth-order valence-electron chi connectivity index (χ4n) is 1.82. The molecule has 20 heavy (non-hydrogen) atoms. The number of aromatic nitrogens is 1. The lowest BCUT2D eigenvalue weighted by Crippen LogP contribution is -2.26. The van der Waals surface area contributed by atoms with Gasteiger partial charge in [-0.05, 0) is 23.8 Å². The van der Waals surface area contributed by atoms with Gasteiger partial charge < -0.3 is 4.57 Å². The first-order valence-corrected chi connectivity index (χ1v) is 6.20. The molecule has 1 aromatic heterocycles. The molecular weight excluding hydrogens is 314 g/mol. The van der Waals surface area contributed by atoms with Crippen LogP contribution < -0.4 is 5.56 Å². The lowest BCUT2D eigenvalue weighted by molar-refractivity contribution is -0.143. The van der Waals surface area contributed by atoms with Gasteiger partial charge in [-0.3, -0.25) is 4.79 Å². The molecule has 0 radical (unpaired) electrons. The number of pyridine rings is 1. The van der Waals surface area contributed by atoms with Crippen molar-refractivity contribution in [2.75, 3.05) is 0 Å². The second-order valence-electron chi connectivity index (χ2n) is 4.12. The first-order chi connectivity index (χ1) is 9.21. The van der Waals surface area contributed by atoms with Crippen LogP contribution in [0.3, 0.4) is 0 Å². The van der Waals surface area contributed by atoms with Crippen LogP contribution >= 0.6 is 23.2 Å². The summed E-state index contributed by atoms with van der Waals surface area (Å²) in [5, 5.41) is 0.205. The Kier molecular flexibility index (Phi) is 3.84. The van der Waals surface area contributed by atoms with Gasteiger partial charge in [0.15, 0.2) is 0 Å². The Labute approximate surface area is 122 Å². The van der Waals surface area contributed by atoms with Crippen molar-refractivity contribution in [3.63, 3.8) is 0 Å². The summed E-state index contributed by atoms with van der Waals surface area (Å²) in [4.78, 5) is 12.1. The van der Waals surface area contributed by atoms with Gasteiger partial charge in [-0.25, -0.2) is 0 Å². The van der Waals surface area contributed by atoms with E-state index in [1.54, 1.807) is 0 Å². The molecule has 0 spiro atoms. The molecule has 0 fully saturated rings. The molecule has 1 aromatic carbocycles. The Hall–Kier alpha value is -1.46. The standard InChI is InChI=1S/C13H8Cl2F3NO/c1-19-10(13(16,17)18)6-9(15)11(12(19)20)7-2-4-8(14)5-3-7/h2-6H,1H3. The van der Waals surface area contributed by atoms with Crippen LogP contribution in [-0.2, 0) is 13.2 Å². The van der Waals surface area contributed by atoms with Gasteiger partial charge in [-0.15, -0.1) is 0 Å². The van der Waals surface area contributed by atoms with Crippen molar-refractivity contribution in [2.24, 2.45) is 7.05 Å². The molecule has 0 aliphatic heterocycles. The molecule has 1 heterocycles. The summed E-state index contributed by atoms with van der Waals surface area (Å²) in [6.45, 7) is 0. The zero-order valence-corrected chi connectivity index (χ0v) is 11.6. The molecule has 7 heteroatoms. The number of hydrogen-bond acceptors (Lipinski definition) is 1. The summed E-state index contributed by atoms with van der Waals surface area (Å²) >= 11 is 11.6. The minimum atomic E-state index is -4.64. The highest BCUT2D eigenvalue weighted by atomic mass is 35.5. The summed E-state index contributed by atoms with van der Waals surface area (Å²) in [6.07, 6.45) is -4.64. The maximum absolute atomic E-state index is 12.8. The highest BCUT2D eigenvalue weighted by Gasteiger charge is 2.35. The molecule has 106 valence electrons. The lowest BCUT2D eigenvalue weighted by atomic mass is 10.1. The summed E-state index contributed by atoms with van der Waals surface area (Å²) < 4.78 is 38.8. The lowest BCUT2D eigenvalue weighted by Gasteiger charge is -2.14. The molecule has 2 aromatic rings. The van der Waals surface area contributed by atoms with Gasteiger partial charge in [0.25, 0.3) is 5.56 Å². The minimum Gasteiger partial charge on any atom is -0.307 e. The SMILES string of the molecule is Cn1c(C(F)(F)F)cc(Cl)c(-c2ccc(Cl)cc2)c1=O. The van der Waals surface area contributed by atoms with E-state index in [-0.39, 0.29) is 10.6 Å². The normalized spacial score (nSPS) is 11.7. The average molecular weight is 322 g/mol. The Morgan fingerprint density at radius 2 is 1.65 bits per heavy atom. The number of rotatable bonds is 1. The van der Waals surface area contributed by atoms with Gasteiger partial charge in [-0.2, -0.15) is 13.2 Å². The zero-order valence-electron chi connectivity index (χ0n) is 10.1. The quantitative estimate of drug-likeness (QED) is 0.764. The minimum absolute atomic E-state index is 0.0128. The molecule has 0 saturated carbocycles. The molecule has 0 unspecified atom stereocenters. The van der Waals surface area contributed by atoms with E-state index in [4.69, 9.17) is 23.2 Å². The van der Waals surface area contributed by atoms with E-state index in [2.05, 4.69) is 0 Å². The van der Waals surface area contributed by atoms with Crippen molar-refractivity contribution in [2.45, 2.75) is 6.18 Å². The molecular formula is C13H8Cl2F3NO. The molecule has 0 saturated heterocycles. The van der Waals surface area contributed by atoms with Crippen molar-refractivity contribution in [3.05, 3.63) is 56.4 Å². The van der Waals surface area contributed by atoms with Crippen LogP contribution in [0, 0.1) is 0 Å². The van der Waals surface area contributed by atoms with E-state index >= 15 is 0 Å². The first kappa shape index (κ1) is 14.9. The molecule has 2 rings (SSSR count). The summed E-state index contributed by atoms with van der Waals surface area (Å²) in [5.74, 6) is 0. The van der Waals surface area contributed by atoms with Gasteiger partial charge in [-0.1, -0.05) is 35.3 Å². The van der Waals surface area contributed by atoms with Crippen LogP contribution in [0.5, 0.6) is 0 Å². The topological polar surface area (TPSA) is 22.0 Å². The second kappa shape index (κ2) is 5.14. The fourth-order valence-corrected chi connectivity index (χ4v) is 2.24. The third kappa shape index (κ3) is 2.69. The van der Waals surface area contributed by atoms with E-state index in [1.165, 1.54) is 24.3 Å². The van der Waals surface area contributed by atoms with Crippen LogP contribution in [0.4, 0.5) is 13.2 Å². The van der Waals surface area contributed by atoms with Crippen LogP contribution in [-0.4, -0.2) is 4.57 Å². The molecule has 0 aliphatic carbocycles. The third-order valence-electron chi connectivity index (χ3n) is 2.81. The average Bonchev–Trinajstić information content (AvgIpc) is 2.35. The summed E-state index contributed by atoms with van der Waals surface area (Å²) in [6, 6.07) is 6.86. The van der Waals surface area contributed by atoms with Crippen molar-refractivity contribution in [1.29, 1.82) is 0 Å². The van der Waals surface area contributed by atoms with Gasteiger partial charge in [0, 0.05) is 12.1 Å². The predicted octanol–water partition coefficient (Wildman–Crippen LogP) is 4.38. The first-order valence-electron chi connectivity index (χ1n) is 5.44. The highest BCUT2D eigenvalue weighted by molar-refractivity contribution is 6.33. The zero-order chi connectivity index (χ0) is 15.1. The van der Waals surface area contributed by atoms with Crippen LogP contribution in [0.15, 0.2) is 35.1 Å². The van der Waals surface area contributed by atoms with E-state index in [0.717, 1.165) is 13.1 Å². The monoisotopic (exact) mass is 321 g/mol. The largest absolute Gasteiger partial charge is 0.431 e. The van der Waals surface area contributed by atoms with E-state index < -0.39 is 17.4 Å².